The van der Waals surface area contributed by atoms with Crippen LogP contribution < -0.4 is 5.32 Å². The molecule has 0 rings (SSSR count). The lowest BCUT2D eigenvalue weighted by Gasteiger charge is -2.28. The van der Waals surface area contributed by atoms with Crippen molar-refractivity contribution in [2.75, 3.05) is 6.61 Å². The third-order valence-corrected chi connectivity index (χ3v) is 1.98. The van der Waals surface area contributed by atoms with Gasteiger partial charge in [-0.3, -0.25) is 5.32 Å². The SMILES string of the molecule is CC(C)(C)OC(=O)NC(C)(C)OCCCCC=O. The van der Waals surface area contributed by atoms with Crippen LogP contribution in [-0.2, 0) is 14.3 Å². The van der Waals surface area contributed by atoms with E-state index in [1.54, 1.807) is 34.6 Å². The van der Waals surface area contributed by atoms with E-state index in [1.165, 1.54) is 0 Å². The Morgan fingerprint density at radius 1 is 1.17 bits per heavy atom. The minimum absolute atomic E-state index is 0.497. The zero-order valence-corrected chi connectivity index (χ0v) is 12.0. The zero-order chi connectivity index (χ0) is 14.2. The summed E-state index contributed by atoms with van der Waals surface area (Å²) in [6.45, 7) is 9.43. The predicted octanol–water partition coefficient (Wildman–Crippen LogP) is 2.63. The molecule has 0 radical (unpaired) electrons. The highest BCUT2D eigenvalue weighted by molar-refractivity contribution is 5.68. The molecule has 0 bridgehead atoms. The number of ether oxygens (including phenoxy) is 2. The van der Waals surface area contributed by atoms with E-state index in [2.05, 4.69) is 5.32 Å². The zero-order valence-electron chi connectivity index (χ0n) is 12.0. The van der Waals surface area contributed by atoms with Gasteiger partial charge in [0, 0.05) is 13.0 Å². The molecule has 0 aromatic heterocycles. The first-order valence-electron chi connectivity index (χ1n) is 6.25. The molecule has 0 spiro atoms. The smallest absolute Gasteiger partial charge is 0.409 e. The number of rotatable bonds is 7. The molecule has 0 aromatic carbocycles. The molecule has 0 heterocycles. The number of alkyl carbamates (subject to hydrolysis) is 1. The lowest BCUT2D eigenvalue weighted by Crippen LogP contribution is -2.47. The van der Waals surface area contributed by atoms with Crippen LogP contribution in [0.25, 0.3) is 0 Å². The van der Waals surface area contributed by atoms with Crippen LogP contribution >= 0.6 is 0 Å². The van der Waals surface area contributed by atoms with Crippen molar-refractivity contribution in [2.45, 2.75) is 65.2 Å². The average Bonchev–Trinajstić information content (AvgIpc) is 2.12. The van der Waals surface area contributed by atoms with Gasteiger partial charge in [0.2, 0.25) is 0 Å². The predicted molar refractivity (Wildman–Crippen MR) is 69.3 cm³/mol. The molecule has 5 nitrogen and oxygen atoms in total. The Kier molecular flexibility index (Phi) is 6.91. The van der Waals surface area contributed by atoms with E-state index in [-0.39, 0.29) is 0 Å². The molecule has 0 aromatic rings. The molecule has 0 saturated heterocycles. The highest BCUT2D eigenvalue weighted by Gasteiger charge is 2.24. The summed E-state index contributed by atoms with van der Waals surface area (Å²) >= 11 is 0. The van der Waals surface area contributed by atoms with Gasteiger partial charge in [0.25, 0.3) is 0 Å². The molecule has 1 amide bonds. The van der Waals surface area contributed by atoms with E-state index in [4.69, 9.17) is 9.47 Å². The van der Waals surface area contributed by atoms with Gasteiger partial charge in [-0.1, -0.05) is 0 Å². The van der Waals surface area contributed by atoms with Gasteiger partial charge in [0.1, 0.15) is 17.6 Å². The first-order chi connectivity index (χ1) is 8.16. The maximum atomic E-state index is 11.5. The second kappa shape index (κ2) is 7.36. The number of carbonyl (C=O) groups excluding carboxylic acids is 2. The molecule has 0 aliphatic heterocycles. The van der Waals surface area contributed by atoms with E-state index in [0.29, 0.717) is 13.0 Å². The summed E-state index contributed by atoms with van der Waals surface area (Å²) in [5, 5.41) is 2.65. The summed E-state index contributed by atoms with van der Waals surface area (Å²) in [7, 11) is 0. The Labute approximate surface area is 109 Å². The van der Waals surface area contributed by atoms with E-state index in [9.17, 15) is 9.59 Å². The Hall–Kier alpha value is -1.10. The largest absolute Gasteiger partial charge is 0.444 e. The second-order valence-corrected chi connectivity index (χ2v) is 5.65. The van der Waals surface area contributed by atoms with Gasteiger partial charge in [0.15, 0.2) is 0 Å². The van der Waals surface area contributed by atoms with Crippen LogP contribution in [0.3, 0.4) is 0 Å². The van der Waals surface area contributed by atoms with Gasteiger partial charge in [-0.2, -0.15) is 0 Å². The molecule has 18 heavy (non-hydrogen) atoms. The number of hydrogen-bond acceptors (Lipinski definition) is 4. The van der Waals surface area contributed by atoms with Gasteiger partial charge in [0.05, 0.1) is 0 Å². The fourth-order valence-corrected chi connectivity index (χ4v) is 1.24. The van der Waals surface area contributed by atoms with E-state index >= 15 is 0 Å². The van der Waals surface area contributed by atoms with Crippen molar-refractivity contribution in [2.24, 2.45) is 0 Å². The number of amides is 1. The summed E-state index contributed by atoms with van der Waals surface area (Å²) in [5.74, 6) is 0. The maximum Gasteiger partial charge on any atom is 0.409 e. The number of unbranched alkanes of at least 4 members (excludes halogenated alkanes) is 2. The van der Waals surface area contributed by atoms with Crippen molar-refractivity contribution >= 4 is 12.4 Å². The molecule has 106 valence electrons. The third-order valence-electron chi connectivity index (χ3n) is 1.98. The highest BCUT2D eigenvalue weighted by atomic mass is 16.6. The summed E-state index contributed by atoms with van der Waals surface area (Å²) in [6.07, 6.45) is 2.53. The Morgan fingerprint density at radius 3 is 2.28 bits per heavy atom. The first-order valence-corrected chi connectivity index (χ1v) is 6.25. The van der Waals surface area contributed by atoms with Gasteiger partial charge >= 0.3 is 6.09 Å². The molecular weight excluding hydrogens is 234 g/mol. The molecule has 0 unspecified atom stereocenters. The molecule has 0 fully saturated rings. The van der Waals surface area contributed by atoms with E-state index in [1.807, 2.05) is 0 Å². The fraction of sp³-hybridized carbons (Fsp3) is 0.846. The summed E-state index contributed by atoms with van der Waals surface area (Å²) in [4.78, 5) is 21.7. The monoisotopic (exact) mass is 259 g/mol. The van der Waals surface area contributed by atoms with Crippen molar-refractivity contribution in [3.05, 3.63) is 0 Å². The van der Waals surface area contributed by atoms with Crippen LogP contribution in [0.1, 0.15) is 53.9 Å². The summed E-state index contributed by atoms with van der Waals surface area (Å²) < 4.78 is 10.7. The number of aldehydes is 1. The average molecular weight is 259 g/mol. The van der Waals surface area contributed by atoms with Crippen LogP contribution in [0, 0.1) is 0 Å². The third kappa shape index (κ3) is 10.1. The standard InChI is InChI=1S/C13H25NO4/c1-12(2,3)18-11(16)14-13(4,5)17-10-8-6-7-9-15/h9H,6-8,10H2,1-5H3,(H,14,16). The highest BCUT2D eigenvalue weighted by Crippen LogP contribution is 2.11. The van der Waals surface area contributed by atoms with Crippen LogP contribution in [0.4, 0.5) is 4.79 Å². The first kappa shape index (κ1) is 16.9. The molecule has 0 aliphatic rings. The minimum atomic E-state index is -0.774. The Bertz CT molecular complexity index is 269. The van der Waals surface area contributed by atoms with Gasteiger partial charge in [-0.05, 0) is 47.5 Å². The Balaban J connectivity index is 3.91. The van der Waals surface area contributed by atoms with Crippen LogP contribution in [-0.4, -0.2) is 30.3 Å². The van der Waals surface area contributed by atoms with Crippen LogP contribution in [0.5, 0.6) is 0 Å². The molecular formula is C13H25NO4. The molecule has 0 atom stereocenters. The lowest BCUT2D eigenvalue weighted by molar-refractivity contribution is -0.108. The maximum absolute atomic E-state index is 11.5. The van der Waals surface area contributed by atoms with Crippen LogP contribution in [0.15, 0.2) is 0 Å². The van der Waals surface area contributed by atoms with Crippen LogP contribution in [0.2, 0.25) is 0 Å². The number of carbonyl (C=O) groups is 2. The molecule has 0 saturated carbocycles. The topological polar surface area (TPSA) is 64.6 Å². The van der Waals surface area contributed by atoms with Gasteiger partial charge in [-0.15, -0.1) is 0 Å². The minimum Gasteiger partial charge on any atom is -0.444 e. The lowest BCUT2D eigenvalue weighted by atomic mass is 10.2. The van der Waals surface area contributed by atoms with Crippen molar-refractivity contribution < 1.29 is 19.1 Å². The number of nitrogens with one attached hydrogen (secondary N) is 1. The Morgan fingerprint density at radius 2 is 1.78 bits per heavy atom. The van der Waals surface area contributed by atoms with Gasteiger partial charge < -0.3 is 14.3 Å². The number of hydrogen-bond donors (Lipinski definition) is 1. The summed E-state index contributed by atoms with van der Waals surface area (Å²) in [6, 6.07) is 0. The van der Waals surface area contributed by atoms with Crippen molar-refractivity contribution in [1.29, 1.82) is 0 Å². The quantitative estimate of drug-likeness (QED) is 0.433. The molecule has 1 N–H and O–H groups in total. The van der Waals surface area contributed by atoms with Crippen molar-refractivity contribution in [3.63, 3.8) is 0 Å². The van der Waals surface area contributed by atoms with E-state index in [0.717, 1.165) is 19.1 Å². The van der Waals surface area contributed by atoms with E-state index < -0.39 is 17.4 Å². The fourth-order valence-electron chi connectivity index (χ4n) is 1.24. The molecule has 0 aliphatic carbocycles. The van der Waals surface area contributed by atoms with Crippen molar-refractivity contribution in [3.8, 4) is 0 Å². The van der Waals surface area contributed by atoms with Crippen molar-refractivity contribution in [1.82, 2.24) is 5.32 Å². The van der Waals surface area contributed by atoms with Gasteiger partial charge in [-0.25, -0.2) is 4.79 Å². The summed E-state index contributed by atoms with van der Waals surface area (Å²) in [5.41, 5.74) is -1.30. The normalized spacial score (nSPS) is 12.1. The molecule has 5 heteroatoms. The second-order valence-electron chi connectivity index (χ2n) is 5.65.